The van der Waals surface area contributed by atoms with Crippen LogP contribution >= 0.6 is 0 Å². The van der Waals surface area contributed by atoms with Gasteiger partial charge in [-0.1, -0.05) is 0 Å². The number of fused-ring (bicyclic) bond motifs is 1. The molecule has 0 bridgehead atoms. The molecule has 0 saturated carbocycles. The highest BCUT2D eigenvalue weighted by Crippen LogP contribution is 2.27. The third kappa shape index (κ3) is 6.09. The second-order valence-electron chi connectivity index (χ2n) is 8.81. The standard InChI is InChI=1S/C25H35N5O3/c1-6-29(7-2)22-11-9-19(17-27-22)23-28-20-16-18(24(32)26-12-14-31)8-10-21(20)30(23)13-15-33-25(3,4)5/h8-11,16-17,31H,6-7,12-15H2,1-5H3,(H,26,32). The molecule has 0 aliphatic carbocycles. The van der Waals surface area contributed by atoms with Crippen LogP contribution in [0.2, 0.25) is 0 Å². The van der Waals surface area contributed by atoms with Crippen molar-refractivity contribution >= 4 is 22.8 Å². The first-order valence-electron chi connectivity index (χ1n) is 11.5. The molecule has 0 atom stereocenters. The molecule has 2 aromatic heterocycles. The molecule has 8 heteroatoms. The van der Waals surface area contributed by atoms with Crippen molar-refractivity contribution < 1.29 is 14.6 Å². The van der Waals surface area contributed by atoms with E-state index in [0.717, 1.165) is 41.3 Å². The molecule has 3 rings (SSSR count). The van der Waals surface area contributed by atoms with Crippen molar-refractivity contribution in [1.29, 1.82) is 0 Å². The van der Waals surface area contributed by atoms with Crippen LogP contribution in [0.4, 0.5) is 5.82 Å². The third-order valence-electron chi connectivity index (χ3n) is 5.35. The van der Waals surface area contributed by atoms with Gasteiger partial charge in [-0.25, -0.2) is 9.97 Å². The SMILES string of the molecule is CCN(CC)c1ccc(-c2nc3cc(C(=O)NCCO)ccc3n2CCOC(C)(C)C)cn1. The lowest BCUT2D eigenvalue weighted by atomic mass is 10.2. The molecule has 0 spiro atoms. The predicted molar refractivity (Wildman–Crippen MR) is 132 cm³/mol. The van der Waals surface area contributed by atoms with Gasteiger partial charge >= 0.3 is 0 Å². The van der Waals surface area contributed by atoms with Crippen molar-refractivity contribution in [3.63, 3.8) is 0 Å². The number of aliphatic hydroxyl groups excluding tert-OH is 1. The topological polar surface area (TPSA) is 92.5 Å². The smallest absolute Gasteiger partial charge is 0.251 e. The molecule has 1 amide bonds. The van der Waals surface area contributed by atoms with Gasteiger partial charge in [0, 0.05) is 43.5 Å². The minimum absolute atomic E-state index is 0.100. The van der Waals surface area contributed by atoms with Gasteiger partial charge in [-0.05, 0) is 65.0 Å². The van der Waals surface area contributed by atoms with Crippen molar-refractivity contribution in [2.75, 3.05) is 37.7 Å². The first-order chi connectivity index (χ1) is 15.8. The third-order valence-corrected chi connectivity index (χ3v) is 5.35. The minimum atomic E-state index is -0.235. The van der Waals surface area contributed by atoms with Gasteiger partial charge in [0.05, 0.1) is 29.8 Å². The van der Waals surface area contributed by atoms with E-state index in [4.69, 9.17) is 14.8 Å². The Kier molecular flexibility index (Phi) is 8.05. The molecule has 178 valence electrons. The van der Waals surface area contributed by atoms with E-state index in [0.29, 0.717) is 18.7 Å². The number of nitrogens with one attached hydrogen (secondary N) is 1. The average Bonchev–Trinajstić information content (AvgIpc) is 3.15. The van der Waals surface area contributed by atoms with Gasteiger partial charge in [0.15, 0.2) is 0 Å². The Balaban J connectivity index is 1.99. The summed E-state index contributed by atoms with van der Waals surface area (Å²) >= 11 is 0. The number of amides is 1. The maximum absolute atomic E-state index is 12.4. The van der Waals surface area contributed by atoms with Crippen molar-refractivity contribution in [1.82, 2.24) is 19.9 Å². The summed E-state index contributed by atoms with van der Waals surface area (Å²) in [7, 11) is 0. The Hall–Kier alpha value is -2.97. The summed E-state index contributed by atoms with van der Waals surface area (Å²) < 4.78 is 8.09. The number of pyridine rings is 1. The van der Waals surface area contributed by atoms with Crippen LogP contribution in [0.1, 0.15) is 45.0 Å². The lowest BCUT2D eigenvalue weighted by Gasteiger charge is -2.21. The molecule has 33 heavy (non-hydrogen) atoms. The van der Waals surface area contributed by atoms with Crippen LogP contribution in [-0.2, 0) is 11.3 Å². The summed E-state index contributed by atoms with van der Waals surface area (Å²) in [6.07, 6.45) is 1.85. The number of ether oxygens (including phenoxy) is 1. The summed E-state index contributed by atoms with van der Waals surface area (Å²) in [4.78, 5) is 24.1. The van der Waals surface area contributed by atoms with Crippen molar-refractivity contribution in [3.05, 3.63) is 42.1 Å². The molecule has 2 heterocycles. The van der Waals surface area contributed by atoms with E-state index in [1.165, 1.54) is 0 Å². The number of carbonyl (C=O) groups excluding carboxylic acids is 1. The number of aliphatic hydroxyl groups is 1. The second kappa shape index (κ2) is 10.8. The summed E-state index contributed by atoms with van der Waals surface area (Å²) in [6, 6.07) is 9.53. The number of benzene rings is 1. The van der Waals surface area contributed by atoms with E-state index < -0.39 is 0 Å². The van der Waals surface area contributed by atoms with Crippen LogP contribution in [0.3, 0.4) is 0 Å². The molecule has 2 N–H and O–H groups in total. The van der Waals surface area contributed by atoms with E-state index in [9.17, 15) is 4.79 Å². The molecule has 0 saturated heterocycles. The quantitative estimate of drug-likeness (QED) is 0.488. The van der Waals surface area contributed by atoms with Gasteiger partial charge in [0.25, 0.3) is 5.91 Å². The lowest BCUT2D eigenvalue weighted by Crippen LogP contribution is -2.26. The number of rotatable bonds is 10. The zero-order valence-electron chi connectivity index (χ0n) is 20.3. The number of nitrogens with zero attached hydrogens (tertiary/aromatic N) is 4. The molecule has 3 aromatic rings. The number of anilines is 1. The summed E-state index contributed by atoms with van der Waals surface area (Å²) in [6.45, 7) is 13.4. The molecule has 0 aliphatic heterocycles. The van der Waals surface area contributed by atoms with Crippen molar-refractivity contribution in [3.8, 4) is 11.4 Å². The van der Waals surface area contributed by atoms with E-state index in [1.807, 2.05) is 45.2 Å². The van der Waals surface area contributed by atoms with Gasteiger partial charge in [-0.2, -0.15) is 0 Å². The fourth-order valence-corrected chi connectivity index (χ4v) is 3.69. The Bertz CT molecular complexity index is 1070. The lowest BCUT2D eigenvalue weighted by molar-refractivity contribution is -0.00636. The zero-order chi connectivity index (χ0) is 24.0. The first-order valence-corrected chi connectivity index (χ1v) is 11.5. The number of hydrogen-bond donors (Lipinski definition) is 2. The number of aromatic nitrogens is 3. The Morgan fingerprint density at radius 1 is 1.18 bits per heavy atom. The number of hydrogen-bond acceptors (Lipinski definition) is 6. The first kappa shape index (κ1) is 24.7. The van der Waals surface area contributed by atoms with Gasteiger partial charge in [-0.15, -0.1) is 0 Å². The fraction of sp³-hybridized carbons (Fsp3) is 0.480. The summed E-state index contributed by atoms with van der Waals surface area (Å²) in [5.74, 6) is 1.49. The second-order valence-corrected chi connectivity index (χ2v) is 8.81. The molecule has 0 fully saturated rings. The molecule has 1 aromatic carbocycles. The largest absolute Gasteiger partial charge is 0.395 e. The highest BCUT2D eigenvalue weighted by molar-refractivity contribution is 5.97. The normalized spacial score (nSPS) is 11.7. The van der Waals surface area contributed by atoms with Gasteiger partial charge in [0.2, 0.25) is 0 Å². The molecular formula is C25H35N5O3. The van der Waals surface area contributed by atoms with Gasteiger partial charge in [0.1, 0.15) is 11.6 Å². The zero-order valence-corrected chi connectivity index (χ0v) is 20.3. The van der Waals surface area contributed by atoms with Crippen LogP contribution in [0.15, 0.2) is 36.5 Å². The maximum Gasteiger partial charge on any atom is 0.251 e. The molecule has 0 radical (unpaired) electrons. The van der Waals surface area contributed by atoms with Crippen molar-refractivity contribution in [2.45, 2.75) is 46.8 Å². The van der Waals surface area contributed by atoms with E-state index >= 15 is 0 Å². The van der Waals surface area contributed by atoms with Crippen LogP contribution in [0.25, 0.3) is 22.4 Å². The maximum atomic E-state index is 12.4. The van der Waals surface area contributed by atoms with Gasteiger partial charge < -0.3 is 24.6 Å². The van der Waals surface area contributed by atoms with E-state index in [1.54, 1.807) is 12.1 Å². The predicted octanol–water partition coefficient (Wildman–Crippen LogP) is 3.48. The Morgan fingerprint density at radius 3 is 2.55 bits per heavy atom. The Labute approximate surface area is 195 Å². The van der Waals surface area contributed by atoms with E-state index in [-0.39, 0.29) is 24.7 Å². The van der Waals surface area contributed by atoms with Crippen LogP contribution < -0.4 is 10.2 Å². The highest BCUT2D eigenvalue weighted by atomic mass is 16.5. The Morgan fingerprint density at radius 2 is 1.94 bits per heavy atom. The van der Waals surface area contributed by atoms with Crippen LogP contribution in [-0.4, -0.2) is 64.0 Å². The highest BCUT2D eigenvalue weighted by Gasteiger charge is 2.17. The molecular weight excluding hydrogens is 418 g/mol. The van der Waals surface area contributed by atoms with E-state index in [2.05, 4.69) is 33.6 Å². The molecule has 0 unspecified atom stereocenters. The summed E-state index contributed by atoms with van der Waals surface area (Å²) in [5, 5.41) is 11.7. The average molecular weight is 454 g/mol. The van der Waals surface area contributed by atoms with Gasteiger partial charge in [-0.3, -0.25) is 4.79 Å². The minimum Gasteiger partial charge on any atom is -0.395 e. The number of carbonyl (C=O) groups is 1. The number of imidazole rings is 1. The summed E-state index contributed by atoms with van der Waals surface area (Å²) in [5.41, 5.74) is 2.83. The van der Waals surface area contributed by atoms with Crippen LogP contribution in [0.5, 0.6) is 0 Å². The monoisotopic (exact) mass is 453 g/mol. The molecule has 0 aliphatic rings. The van der Waals surface area contributed by atoms with Crippen LogP contribution in [0, 0.1) is 0 Å². The molecule has 8 nitrogen and oxygen atoms in total. The fourth-order valence-electron chi connectivity index (χ4n) is 3.69. The van der Waals surface area contributed by atoms with Crippen molar-refractivity contribution in [2.24, 2.45) is 0 Å².